The van der Waals surface area contributed by atoms with Crippen LogP contribution >= 0.6 is 15.9 Å². The van der Waals surface area contributed by atoms with Gasteiger partial charge < -0.3 is 4.74 Å². The van der Waals surface area contributed by atoms with E-state index in [0.29, 0.717) is 6.61 Å². The summed E-state index contributed by atoms with van der Waals surface area (Å²) < 4.78 is 30.9. The first-order chi connectivity index (χ1) is 11.8. The Bertz CT molecular complexity index is 880. The summed E-state index contributed by atoms with van der Waals surface area (Å²) in [5.74, 6) is 0.745. The normalized spacial score (nSPS) is 11.7. The SMILES string of the molecule is CCCOc1ccc(/C=N/NS(=O)(=O)c2ccc(C)c(C)c2)cc1Br. The molecule has 0 saturated carbocycles. The van der Waals surface area contributed by atoms with Crippen LogP contribution in [0.3, 0.4) is 0 Å². The second-order valence-corrected chi connectivity index (χ2v) is 8.15. The fourth-order valence-corrected chi connectivity index (χ4v) is 3.42. The highest BCUT2D eigenvalue weighted by Gasteiger charge is 2.13. The zero-order valence-corrected chi connectivity index (χ0v) is 16.8. The van der Waals surface area contributed by atoms with Crippen molar-refractivity contribution in [2.75, 3.05) is 6.61 Å². The number of hydrogen-bond acceptors (Lipinski definition) is 4. The lowest BCUT2D eigenvalue weighted by Gasteiger charge is -2.08. The number of hydrogen-bond donors (Lipinski definition) is 1. The Labute approximate surface area is 157 Å². The highest BCUT2D eigenvalue weighted by molar-refractivity contribution is 9.10. The largest absolute Gasteiger partial charge is 0.492 e. The van der Waals surface area contributed by atoms with Crippen LogP contribution < -0.4 is 9.57 Å². The third-order valence-corrected chi connectivity index (χ3v) is 5.43. The fourth-order valence-electron chi connectivity index (χ4n) is 2.03. The van der Waals surface area contributed by atoms with Crippen molar-refractivity contribution in [2.24, 2.45) is 5.10 Å². The number of nitrogens with one attached hydrogen (secondary N) is 1. The van der Waals surface area contributed by atoms with Gasteiger partial charge in [0, 0.05) is 0 Å². The van der Waals surface area contributed by atoms with Gasteiger partial charge in [0.15, 0.2) is 0 Å². The summed E-state index contributed by atoms with van der Waals surface area (Å²) in [7, 11) is -3.68. The molecule has 0 atom stereocenters. The molecule has 0 fully saturated rings. The molecule has 2 aromatic rings. The summed E-state index contributed by atoms with van der Waals surface area (Å²) in [5, 5.41) is 3.85. The van der Waals surface area contributed by atoms with Gasteiger partial charge in [0.2, 0.25) is 0 Å². The molecule has 1 N–H and O–H groups in total. The van der Waals surface area contributed by atoms with Crippen molar-refractivity contribution in [1.82, 2.24) is 4.83 Å². The average Bonchev–Trinajstić information content (AvgIpc) is 2.56. The summed E-state index contributed by atoms with van der Waals surface area (Å²) >= 11 is 3.43. The van der Waals surface area contributed by atoms with E-state index in [1.807, 2.05) is 39.0 Å². The van der Waals surface area contributed by atoms with Crippen molar-refractivity contribution in [3.63, 3.8) is 0 Å². The molecular weight excluding hydrogens is 404 g/mol. The number of ether oxygens (including phenoxy) is 1. The van der Waals surface area contributed by atoms with Crippen LogP contribution in [0, 0.1) is 13.8 Å². The van der Waals surface area contributed by atoms with Gasteiger partial charge in [-0.2, -0.15) is 13.5 Å². The van der Waals surface area contributed by atoms with Crippen molar-refractivity contribution < 1.29 is 13.2 Å². The molecule has 0 saturated heterocycles. The number of aryl methyl sites for hydroxylation is 2. The molecule has 134 valence electrons. The molecule has 0 aromatic heterocycles. The molecule has 0 aliphatic heterocycles. The quantitative estimate of drug-likeness (QED) is 0.535. The minimum atomic E-state index is -3.68. The predicted molar refractivity (Wildman–Crippen MR) is 104 cm³/mol. The zero-order chi connectivity index (χ0) is 18.4. The Morgan fingerprint density at radius 3 is 2.56 bits per heavy atom. The molecule has 25 heavy (non-hydrogen) atoms. The van der Waals surface area contributed by atoms with Crippen molar-refractivity contribution in [3.8, 4) is 5.75 Å². The van der Waals surface area contributed by atoms with Crippen molar-refractivity contribution in [1.29, 1.82) is 0 Å². The Morgan fingerprint density at radius 2 is 1.92 bits per heavy atom. The van der Waals surface area contributed by atoms with Gasteiger partial charge in [0.25, 0.3) is 10.0 Å². The fraction of sp³-hybridized carbons (Fsp3) is 0.278. The first-order valence-corrected chi connectivity index (χ1v) is 10.2. The Hall–Kier alpha value is -1.86. The van der Waals surface area contributed by atoms with Gasteiger partial charge in [0.1, 0.15) is 5.75 Å². The van der Waals surface area contributed by atoms with Crippen LogP contribution in [0.25, 0.3) is 0 Å². The summed E-state index contributed by atoms with van der Waals surface area (Å²) in [6, 6.07) is 10.4. The predicted octanol–water partition coefficient (Wildman–Crippen LogP) is 4.17. The van der Waals surface area contributed by atoms with Gasteiger partial charge in [-0.3, -0.25) is 0 Å². The van der Waals surface area contributed by atoms with E-state index in [4.69, 9.17) is 4.74 Å². The zero-order valence-electron chi connectivity index (χ0n) is 14.4. The van der Waals surface area contributed by atoms with Crippen LogP contribution in [-0.2, 0) is 10.0 Å². The van der Waals surface area contributed by atoms with Gasteiger partial charge in [0.05, 0.1) is 22.2 Å². The van der Waals surface area contributed by atoms with E-state index >= 15 is 0 Å². The van der Waals surface area contributed by atoms with E-state index in [1.165, 1.54) is 6.21 Å². The third-order valence-electron chi connectivity index (χ3n) is 3.59. The van der Waals surface area contributed by atoms with E-state index in [9.17, 15) is 8.42 Å². The maximum Gasteiger partial charge on any atom is 0.276 e. The van der Waals surface area contributed by atoms with E-state index in [1.54, 1.807) is 18.2 Å². The monoisotopic (exact) mass is 424 g/mol. The van der Waals surface area contributed by atoms with Crippen LogP contribution in [-0.4, -0.2) is 21.2 Å². The third kappa shape index (κ3) is 5.31. The minimum absolute atomic E-state index is 0.192. The first kappa shape index (κ1) is 19.5. The average molecular weight is 425 g/mol. The minimum Gasteiger partial charge on any atom is -0.492 e. The molecule has 0 unspecified atom stereocenters. The maximum atomic E-state index is 12.3. The lowest BCUT2D eigenvalue weighted by Crippen LogP contribution is -2.18. The summed E-state index contributed by atoms with van der Waals surface area (Å²) in [5.41, 5.74) is 2.70. The molecule has 7 heteroatoms. The van der Waals surface area contributed by atoms with Crippen molar-refractivity contribution in [3.05, 3.63) is 57.6 Å². The van der Waals surface area contributed by atoms with E-state index in [0.717, 1.165) is 33.3 Å². The van der Waals surface area contributed by atoms with Gasteiger partial charge in [-0.05, 0) is 83.2 Å². The van der Waals surface area contributed by atoms with Crippen LogP contribution in [0.5, 0.6) is 5.75 Å². The Balaban J connectivity index is 2.09. The van der Waals surface area contributed by atoms with Gasteiger partial charge in [-0.15, -0.1) is 0 Å². The van der Waals surface area contributed by atoms with Crippen LogP contribution in [0.1, 0.15) is 30.0 Å². The molecule has 0 aliphatic rings. The Kier molecular flexibility index (Phi) is 6.61. The lowest BCUT2D eigenvalue weighted by molar-refractivity contribution is 0.315. The van der Waals surface area contributed by atoms with Gasteiger partial charge in [-0.1, -0.05) is 13.0 Å². The van der Waals surface area contributed by atoms with Gasteiger partial charge in [-0.25, -0.2) is 4.83 Å². The highest BCUT2D eigenvalue weighted by atomic mass is 79.9. The van der Waals surface area contributed by atoms with Crippen molar-refractivity contribution >= 4 is 32.2 Å². The van der Waals surface area contributed by atoms with Crippen molar-refractivity contribution in [2.45, 2.75) is 32.1 Å². The van der Waals surface area contributed by atoms with E-state index in [-0.39, 0.29) is 4.90 Å². The first-order valence-electron chi connectivity index (χ1n) is 7.88. The standard InChI is InChI=1S/C18H21BrN2O3S/c1-4-9-24-18-8-6-15(11-17(18)19)12-20-21-25(22,23)16-7-5-13(2)14(3)10-16/h5-8,10-12,21H,4,9H2,1-3H3/b20-12+. The maximum absolute atomic E-state index is 12.3. The summed E-state index contributed by atoms with van der Waals surface area (Å²) in [6.07, 6.45) is 2.38. The molecule has 2 rings (SSSR count). The van der Waals surface area contributed by atoms with Crippen LogP contribution in [0.2, 0.25) is 0 Å². The molecule has 0 amide bonds. The number of rotatable bonds is 7. The second-order valence-electron chi connectivity index (χ2n) is 5.64. The number of sulfonamides is 1. The number of hydrazone groups is 1. The lowest BCUT2D eigenvalue weighted by atomic mass is 10.1. The Morgan fingerprint density at radius 1 is 1.16 bits per heavy atom. The smallest absolute Gasteiger partial charge is 0.276 e. The van der Waals surface area contributed by atoms with Crippen LogP contribution in [0.4, 0.5) is 0 Å². The van der Waals surface area contributed by atoms with E-state index in [2.05, 4.69) is 25.9 Å². The molecular formula is C18H21BrN2O3S. The molecule has 0 radical (unpaired) electrons. The highest BCUT2D eigenvalue weighted by Crippen LogP contribution is 2.25. The molecule has 0 heterocycles. The summed E-state index contributed by atoms with van der Waals surface area (Å²) in [4.78, 5) is 2.43. The number of halogens is 1. The molecule has 5 nitrogen and oxygen atoms in total. The van der Waals surface area contributed by atoms with E-state index < -0.39 is 10.0 Å². The van der Waals surface area contributed by atoms with Crippen LogP contribution in [0.15, 0.2) is 50.9 Å². The summed E-state index contributed by atoms with van der Waals surface area (Å²) in [6.45, 7) is 6.48. The molecule has 0 bridgehead atoms. The number of benzene rings is 2. The van der Waals surface area contributed by atoms with Gasteiger partial charge >= 0.3 is 0 Å². The molecule has 0 spiro atoms. The number of nitrogens with zero attached hydrogens (tertiary/aromatic N) is 1. The topological polar surface area (TPSA) is 67.8 Å². The molecule has 0 aliphatic carbocycles. The second kappa shape index (κ2) is 8.49. The molecule has 2 aromatic carbocycles.